The first-order valence-corrected chi connectivity index (χ1v) is 6.26. The molecule has 0 radical (unpaired) electrons. The third kappa shape index (κ3) is 1.77. The van der Waals surface area contributed by atoms with Crippen LogP contribution in [0.1, 0.15) is 18.3 Å². The maximum Gasteiger partial charge on any atom is 0.183 e. The predicted molar refractivity (Wildman–Crippen MR) is 65.4 cm³/mol. The summed E-state index contributed by atoms with van der Waals surface area (Å²) in [6.45, 7) is 0.117. The SMILES string of the molecule is OCC1CCc2nnc(-c3cccc(Br)n3)n21. The van der Waals surface area contributed by atoms with E-state index in [2.05, 4.69) is 31.1 Å². The van der Waals surface area contributed by atoms with Crippen molar-refractivity contribution in [3.8, 4) is 11.5 Å². The molecule has 0 saturated carbocycles. The summed E-state index contributed by atoms with van der Waals surface area (Å²) >= 11 is 3.34. The minimum absolute atomic E-state index is 0.0794. The van der Waals surface area contributed by atoms with Gasteiger partial charge in [0.15, 0.2) is 5.82 Å². The van der Waals surface area contributed by atoms with Crippen molar-refractivity contribution in [3.05, 3.63) is 28.6 Å². The van der Waals surface area contributed by atoms with E-state index >= 15 is 0 Å². The normalized spacial score (nSPS) is 18.4. The maximum atomic E-state index is 9.35. The van der Waals surface area contributed by atoms with Crippen LogP contribution in [0, 0.1) is 0 Å². The number of halogens is 1. The fourth-order valence-corrected chi connectivity index (χ4v) is 2.53. The zero-order valence-electron chi connectivity index (χ0n) is 9.04. The van der Waals surface area contributed by atoms with Gasteiger partial charge in [-0.2, -0.15) is 0 Å². The number of hydrogen-bond donors (Lipinski definition) is 1. The molecule has 1 aliphatic rings. The molecule has 1 unspecified atom stereocenters. The molecule has 3 heterocycles. The molecule has 5 nitrogen and oxygen atoms in total. The predicted octanol–water partition coefficient (Wildman–Crippen LogP) is 1.58. The Morgan fingerprint density at radius 1 is 1.41 bits per heavy atom. The van der Waals surface area contributed by atoms with E-state index in [1.807, 2.05) is 22.8 Å². The van der Waals surface area contributed by atoms with E-state index in [0.717, 1.165) is 34.8 Å². The van der Waals surface area contributed by atoms with Crippen LogP contribution < -0.4 is 0 Å². The largest absolute Gasteiger partial charge is 0.394 e. The quantitative estimate of drug-likeness (QED) is 0.854. The fraction of sp³-hybridized carbons (Fsp3) is 0.364. The summed E-state index contributed by atoms with van der Waals surface area (Å²) in [6, 6.07) is 5.76. The van der Waals surface area contributed by atoms with Crippen LogP contribution in [0.25, 0.3) is 11.5 Å². The van der Waals surface area contributed by atoms with Crippen LogP contribution in [0.4, 0.5) is 0 Å². The standard InChI is InChI=1S/C11H11BrN4O/c12-9-3-1-2-8(13-9)11-15-14-10-5-4-7(6-17)16(10)11/h1-3,7,17H,4-6H2. The van der Waals surface area contributed by atoms with Crippen molar-refractivity contribution in [1.82, 2.24) is 19.7 Å². The number of rotatable bonds is 2. The number of hydrogen-bond acceptors (Lipinski definition) is 4. The van der Waals surface area contributed by atoms with E-state index in [0.29, 0.717) is 0 Å². The van der Waals surface area contributed by atoms with Crippen LogP contribution in [0.3, 0.4) is 0 Å². The first-order chi connectivity index (χ1) is 8.29. The number of aromatic nitrogens is 4. The van der Waals surface area contributed by atoms with E-state index in [1.54, 1.807) is 0 Å². The second kappa shape index (κ2) is 4.19. The highest BCUT2D eigenvalue weighted by Crippen LogP contribution is 2.30. The number of fused-ring (bicyclic) bond motifs is 1. The van der Waals surface area contributed by atoms with Gasteiger partial charge in [0.2, 0.25) is 0 Å². The van der Waals surface area contributed by atoms with E-state index in [4.69, 9.17) is 0 Å². The van der Waals surface area contributed by atoms with Gasteiger partial charge in [-0.15, -0.1) is 10.2 Å². The summed E-state index contributed by atoms with van der Waals surface area (Å²) in [7, 11) is 0. The van der Waals surface area contributed by atoms with E-state index < -0.39 is 0 Å². The highest BCUT2D eigenvalue weighted by atomic mass is 79.9. The molecule has 17 heavy (non-hydrogen) atoms. The Labute approximate surface area is 107 Å². The van der Waals surface area contributed by atoms with Crippen molar-refractivity contribution in [2.75, 3.05) is 6.61 Å². The Hall–Kier alpha value is -1.27. The maximum absolute atomic E-state index is 9.35. The molecule has 2 aromatic heterocycles. The first kappa shape index (κ1) is 10.9. The van der Waals surface area contributed by atoms with Crippen molar-refractivity contribution in [3.63, 3.8) is 0 Å². The number of pyridine rings is 1. The van der Waals surface area contributed by atoms with Crippen LogP contribution in [0.2, 0.25) is 0 Å². The summed E-state index contributed by atoms with van der Waals surface area (Å²) in [5, 5.41) is 17.7. The van der Waals surface area contributed by atoms with E-state index in [9.17, 15) is 5.11 Å². The van der Waals surface area contributed by atoms with E-state index in [-0.39, 0.29) is 12.6 Å². The molecule has 0 saturated heterocycles. The lowest BCUT2D eigenvalue weighted by molar-refractivity contribution is 0.233. The van der Waals surface area contributed by atoms with E-state index in [1.165, 1.54) is 0 Å². The highest BCUT2D eigenvalue weighted by molar-refractivity contribution is 9.10. The van der Waals surface area contributed by atoms with Gasteiger partial charge < -0.3 is 9.67 Å². The Bertz CT molecular complexity index is 554. The van der Waals surface area contributed by atoms with Gasteiger partial charge in [0.05, 0.1) is 12.6 Å². The third-order valence-corrected chi connectivity index (χ3v) is 3.43. The van der Waals surface area contributed by atoms with Crippen molar-refractivity contribution in [2.45, 2.75) is 18.9 Å². The van der Waals surface area contributed by atoms with Gasteiger partial charge >= 0.3 is 0 Å². The van der Waals surface area contributed by atoms with Gasteiger partial charge in [0, 0.05) is 6.42 Å². The Morgan fingerprint density at radius 3 is 3.06 bits per heavy atom. The monoisotopic (exact) mass is 294 g/mol. The summed E-state index contributed by atoms with van der Waals surface area (Å²) in [5.41, 5.74) is 0.776. The van der Waals surface area contributed by atoms with Gasteiger partial charge in [-0.3, -0.25) is 0 Å². The molecule has 6 heteroatoms. The highest BCUT2D eigenvalue weighted by Gasteiger charge is 2.27. The number of aliphatic hydroxyl groups is 1. The molecule has 0 amide bonds. The minimum atomic E-state index is 0.0794. The van der Waals surface area contributed by atoms with Crippen molar-refractivity contribution >= 4 is 15.9 Å². The molecular formula is C11H11BrN4O. The molecule has 1 atom stereocenters. The van der Waals surface area contributed by atoms with Gasteiger partial charge in [-0.1, -0.05) is 6.07 Å². The summed E-state index contributed by atoms with van der Waals surface area (Å²) in [6.07, 6.45) is 1.79. The van der Waals surface area contributed by atoms with Gasteiger partial charge in [-0.25, -0.2) is 4.98 Å². The van der Waals surface area contributed by atoms with Crippen LogP contribution >= 0.6 is 15.9 Å². The lowest BCUT2D eigenvalue weighted by Crippen LogP contribution is -2.10. The molecule has 2 aromatic rings. The number of nitrogens with zero attached hydrogens (tertiary/aromatic N) is 4. The number of aliphatic hydroxyl groups excluding tert-OH is 1. The van der Waals surface area contributed by atoms with Gasteiger partial charge in [-0.05, 0) is 34.5 Å². The molecule has 0 aromatic carbocycles. The average Bonchev–Trinajstić information content (AvgIpc) is 2.89. The second-order valence-corrected chi connectivity index (χ2v) is 4.84. The fourth-order valence-electron chi connectivity index (χ4n) is 2.18. The Balaban J connectivity index is 2.11. The van der Waals surface area contributed by atoms with Crippen LogP contribution in [-0.2, 0) is 6.42 Å². The second-order valence-electron chi connectivity index (χ2n) is 4.03. The molecule has 3 rings (SSSR count). The molecule has 0 fully saturated rings. The zero-order chi connectivity index (χ0) is 11.8. The lowest BCUT2D eigenvalue weighted by atomic mass is 10.2. The topological polar surface area (TPSA) is 63.8 Å². The zero-order valence-corrected chi connectivity index (χ0v) is 10.6. The molecule has 1 aliphatic heterocycles. The summed E-state index contributed by atoms with van der Waals surface area (Å²) < 4.78 is 2.76. The van der Waals surface area contributed by atoms with Crippen LogP contribution in [0.15, 0.2) is 22.8 Å². The van der Waals surface area contributed by atoms with Crippen molar-refractivity contribution in [2.24, 2.45) is 0 Å². The lowest BCUT2D eigenvalue weighted by Gasteiger charge is -2.11. The molecule has 0 spiro atoms. The van der Waals surface area contributed by atoms with Gasteiger partial charge in [0.1, 0.15) is 16.1 Å². The minimum Gasteiger partial charge on any atom is -0.394 e. The smallest absolute Gasteiger partial charge is 0.183 e. The molecule has 1 N–H and O–H groups in total. The van der Waals surface area contributed by atoms with Crippen molar-refractivity contribution < 1.29 is 5.11 Å². The molecule has 88 valence electrons. The van der Waals surface area contributed by atoms with Crippen molar-refractivity contribution in [1.29, 1.82) is 0 Å². The Kier molecular flexibility index (Phi) is 2.68. The van der Waals surface area contributed by atoms with Crippen LogP contribution in [-0.4, -0.2) is 31.5 Å². The molecular weight excluding hydrogens is 284 g/mol. The third-order valence-electron chi connectivity index (χ3n) is 2.99. The van der Waals surface area contributed by atoms with Crippen LogP contribution in [0.5, 0.6) is 0 Å². The number of aryl methyl sites for hydroxylation is 1. The first-order valence-electron chi connectivity index (χ1n) is 5.47. The Morgan fingerprint density at radius 2 is 2.29 bits per heavy atom. The average molecular weight is 295 g/mol. The van der Waals surface area contributed by atoms with Gasteiger partial charge in [0.25, 0.3) is 0 Å². The summed E-state index contributed by atoms with van der Waals surface area (Å²) in [4.78, 5) is 4.37. The molecule has 0 aliphatic carbocycles. The summed E-state index contributed by atoms with van der Waals surface area (Å²) in [5.74, 6) is 1.67. The molecule has 0 bridgehead atoms.